The van der Waals surface area contributed by atoms with Crippen LogP contribution >= 0.6 is 0 Å². The van der Waals surface area contributed by atoms with Crippen LogP contribution in [0.2, 0.25) is 0 Å². The van der Waals surface area contributed by atoms with Gasteiger partial charge in [-0.25, -0.2) is 4.79 Å². The zero-order chi connectivity index (χ0) is 18.5. The van der Waals surface area contributed by atoms with Gasteiger partial charge in [0.2, 0.25) is 0 Å². The van der Waals surface area contributed by atoms with E-state index in [1.165, 1.54) is 13.8 Å². The molecule has 7 heteroatoms. The average molecular weight is 343 g/mol. The molecule has 0 unspecified atom stereocenters. The van der Waals surface area contributed by atoms with Crippen LogP contribution in [-0.2, 0) is 23.8 Å². The Morgan fingerprint density at radius 3 is 2.00 bits per heavy atom. The second kappa shape index (κ2) is 8.35. The summed E-state index contributed by atoms with van der Waals surface area (Å²) in [7, 11) is 0. The lowest BCUT2D eigenvalue weighted by Gasteiger charge is -2.40. The van der Waals surface area contributed by atoms with Gasteiger partial charge in [0.1, 0.15) is 17.8 Å². The van der Waals surface area contributed by atoms with Crippen LogP contribution < -0.4 is 5.32 Å². The third-order valence-electron chi connectivity index (χ3n) is 3.86. The number of alkyl carbamates (subject to hydrolysis) is 1. The van der Waals surface area contributed by atoms with Gasteiger partial charge in [0.05, 0.1) is 6.04 Å². The minimum Gasteiger partial charge on any atom is -0.462 e. The second-order valence-electron chi connectivity index (χ2n) is 7.19. The van der Waals surface area contributed by atoms with Crippen molar-refractivity contribution in [2.24, 2.45) is 5.92 Å². The predicted octanol–water partition coefficient (Wildman–Crippen LogP) is 2.56. The largest absolute Gasteiger partial charge is 0.462 e. The first kappa shape index (κ1) is 20.3. The topological polar surface area (TPSA) is 90.9 Å². The molecule has 0 spiro atoms. The summed E-state index contributed by atoms with van der Waals surface area (Å²) in [5.74, 6) is -0.688. The Kier molecular flexibility index (Phi) is 7.05. The minimum atomic E-state index is -0.628. The van der Waals surface area contributed by atoms with Gasteiger partial charge in [-0.3, -0.25) is 9.59 Å². The highest BCUT2D eigenvalue weighted by molar-refractivity contribution is 5.69. The van der Waals surface area contributed by atoms with Gasteiger partial charge in [-0.15, -0.1) is 0 Å². The molecule has 1 amide bonds. The van der Waals surface area contributed by atoms with Gasteiger partial charge >= 0.3 is 18.0 Å². The van der Waals surface area contributed by atoms with Crippen LogP contribution in [0.4, 0.5) is 4.79 Å². The summed E-state index contributed by atoms with van der Waals surface area (Å²) in [5.41, 5.74) is -0.628. The molecular formula is C17H29NO6. The molecule has 0 saturated heterocycles. The Bertz CT molecular complexity index is 470. The zero-order valence-corrected chi connectivity index (χ0v) is 15.4. The summed E-state index contributed by atoms with van der Waals surface area (Å²) in [5, 5.41) is 2.75. The Morgan fingerprint density at radius 1 is 1.00 bits per heavy atom. The molecule has 1 aliphatic carbocycles. The summed E-state index contributed by atoms with van der Waals surface area (Å²) in [6, 6.07) is -0.462. The van der Waals surface area contributed by atoms with Crippen molar-refractivity contribution < 1.29 is 28.6 Å². The SMILES string of the molecule is CC[C@@H]1C[C@@H](OC(C)=O)[C@H](NC(=O)OC(C)(C)C)C[C@H]1OC(C)=O. The lowest BCUT2D eigenvalue weighted by atomic mass is 9.80. The van der Waals surface area contributed by atoms with Crippen molar-refractivity contribution in [3.63, 3.8) is 0 Å². The van der Waals surface area contributed by atoms with E-state index in [-0.39, 0.29) is 18.0 Å². The standard InChI is InChI=1S/C17H29NO6/c1-7-12-8-15(23-11(3)20)13(9-14(12)22-10(2)19)18-16(21)24-17(4,5)6/h12-15H,7-9H2,1-6H3,(H,18,21)/t12-,13-,14-,15-/m1/s1. The number of esters is 2. The maximum Gasteiger partial charge on any atom is 0.408 e. The fourth-order valence-corrected chi connectivity index (χ4v) is 2.95. The Balaban J connectivity index is 2.86. The third kappa shape index (κ3) is 6.76. The minimum absolute atomic E-state index is 0.0786. The number of hydrogen-bond donors (Lipinski definition) is 1. The lowest BCUT2D eigenvalue weighted by molar-refractivity contribution is -0.162. The summed E-state index contributed by atoms with van der Waals surface area (Å²) in [6.45, 7) is 10.0. The van der Waals surface area contributed by atoms with E-state index in [0.29, 0.717) is 12.8 Å². The monoisotopic (exact) mass is 343 g/mol. The number of nitrogens with one attached hydrogen (secondary N) is 1. The van der Waals surface area contributed by atoms with E-state index in [4.69, 9.17) is 14.2 Å². The molecule has 24 heavy (non-hydrogen) atoms. The highest BCUT2D eigenvalue weighted by atomic mass is 16.6. The molecule has 0 bridgehead atoms. The Labute approximate surface area is 143 Å². The van der Waals surface area contributed by atoms with Gasteiger partial charge in [-0.2, -0.15) is 0 Å². The molecule has 0 heterocycles. The van der Waals surface area contributed by atoms with Crippen LogP contribution in [-0.4, -0.2) is 41.9 Å². The summed E-state index contributed by atoms with van der Waals surface area (Å²) in [6.07, 6.45) is 0.325. The quantitative estimate of drug-likeness (QED) is 0.623. The first-order valence-electron chi connectivity index (χ1n) is 8.35. The van der Waals surface area contributed by atoms with Crippen LogP contribution in [0.5, 0.6) is 0 Å². The van der Waals surface area contributed by atoms with E-state index in [1.807, 2.05) is 6.92 Å². The number of carbonyl (C=O) groups is 3. The molecule has 0 aliphatic heterocycles. The van der Waals surface area contributed by atoms with E-state index in [2.05, 4.69) is 5.32 Å². The van der Waals surface area contributed by atoms with Gasteiger partial charge < -0.3 is 19.5 Å². The van der Waals surface area contributed by atoms with E-state index in [0.717, 1.165) is 6.42 Å². The van der Waals surface area contributed by atoms with E-state index in [1.54, 1.807) is 20.8 Å². The Hall–Kier alpha value is -1.79. The molecule has 138 valence electrons. The smallest absolute Gasteiger partial charge is 0.408 e. The van der Waals surface area contributed by atoms with Crippen LogP contribution in [0.25, 0.3) is 0 Å². The van der Waals surface area contributed by atoms with Crippen molar-refractivity contribution >= 4 is 18.0 Å². The number of carbonyl (C=O) groups excluding carboxylic acids is 3. The van der Waals surface area contributed by atoms with E-state index >= 15 is 0 Å². The second-order valence-corrected chi connectivity index (χ2v) is 7.19. The zero-order valence-electron chi connectivity index (χ0n) is 15.4. The first-order valence-corrected chi connectivity index (χ1v) is 8.35. The summed E-state index contributed by atoms with van der Waals surface area (Å²) < 4.78 is 16.0. The number of rotatable bonds is 4. The van der Waals surface area contributed by atoms with Crippen molar-refractivity contribution in [3.05, 3.63) is 0 Å². The maximum atomic E-state index is 12.1. The van der Waals surface area contributed by atoms with Crippen molar-refractivity contribution in [2.45, 2.75) is 84.7 Å². The van der Waals surface area contributed by atoms with E-state index in [9.17, 15) is 14.4 Å². The predicted molar refractivity (Wildman–Crippen MR) is 87.3 cm³/mol. The molecule has 7 nitrogen and oxygen atoms in total. The number of ether oxygens (including phenoxy) is 3. The molecule has 1 fully saturated rings. The molecule has 0 aromatic heterocycles. The number of hydrogen-bond acceptors (Lipinski definition) is 6. The molecule has 4 atom stereocenters. The summed E-state index contributed by atoms with van der Waals surface area (Å²) >= 11 is 0. The van der Waals surface area contributed by atoms with Crippen LogP contribution in [0, 0.1) is 5.92 Å². The highest BCUT2D eigenvalue weighted by Crippen LogP contribution is 2.32. The van der Waals surface area contributed by atoms with Crippen molar-refractivity contribution in [2.75, 3.05) is 0 Å². The molecule has 0 aromatic rings. The first-order chi connectivity index (χ1) is 11.0. The van der Waals surface area contributed by atoms with Gasteiger partial charge in [-0.1, -0.05) is 6.92 Å². The van der Waals surface area contributed by atoms with Crippen molar-refractivity contribution in [1.82, 2.24) is 5.32 Å². The molecule has 1 saturated carbocycles. The fraction of sp³-hybridized carbons (Fsp3) is 0.824. The molecule has 1 rings (SSSR count). The third-order valence-corrected chi connectivity index (χ3v) is 3.86. The number of amides is 1. The fourth-order valence-electron chi connectivity index (χ4n) is 2.95. The Morgan fingerprint density at radius 2 is 1.54 bits per heavy atom. The van der Waals surface area contributed by atoms with E-state index < -0.39 is 29.8 Å². The molecule has 0 aromatic carbocycles. The van der Waals surface area contributed by atoms with Gasteiger partial charge in [-0.05, 0) is 39.5 Å². The van der Waals surface area contributed by atoms with Gasteiger partial charge in [0, 0.05) is 20.3 Å². The van der Waals surface area contributed by atoms with Crippen LogP contribution in [0.3, 0.4) is 0 Å². The van der Waals surface area contributed by atoms with Crippen LogP contribution in [0.1, 0.15) is 60.8 Å². The van der Waals surface area contributed by atoms with Gasteiger partial charge in [0.25, 0.3) is 0 Å². The normalized spacial score (nSPS) is 27.1. The van der Waals surface area contributed by atoms with Crippen molar-refractivity contribution in [3.8, 4) is 0 Å². The van der Waals surface area contributed by atoms with Crippen molar-refractivity contribution in [1.29, 1.82) is 0 Å². The summed E-state index contributed by atoms with van der Waals surface area (Å²) in [4.78, 5) is 34.8. The molecule has 1 aliphatic rings. The average Bonchev–Trinajstić information content (AvgIpc) is 2.38. The molecular weight excluding hydrogens is 314 g/mol. The highest BCUT2D eigenvalue weighted by Gasteiger charge is 2.41. The molecule has 1 N–H and O–H groups in total. The molecule has 0 radical (unpaired) electrons. The van der Waals surface area contributed by atoms with Crippen LogP contribution in [0.15, 0.2) is 0 Å². The maximum absolute atomic E-state index is 12.1. The van der Waals surface area contributed by atoms with Gasteiger partial charge in [0.15, 0.2) is 0 Å². The lowest BCUT2D eigenvalue weighted by Crippen LogP contribution is -2.54.